The van der Waals surface area contributed by atoms with Gasteiger partial charge < -0.3 is 0 Å². The molecule has 0 aliphatic rings. The molecule has 0 atom stereocenters. The Morgan fingerprint density at radius 2 is 2.50 bits per heavy atom. The van der Waals surface area contributed by atoms with Gasteiger partial charge in [-0.2, -0.15) is 10.2 Å². The summed E-state index contributed by atoms with van der Waals surface area (Å²) in [5.41, 5.74) is -0.0138. The van der Waals surface area contributed by atoms with Crippen LogP contribution in [0, 0.1) is 0 Å². The van der Waals surface area contributed by atoms with Crippen molar-refractivity contribution in [1.82, 2.24) is 10.2 Å². The molecule has 0 aliphatic carbocycles. The van der Waals surface area contributed by atoms with Crippen molar-refractivity contribution in [2.45, 2.75) is 0 Å². The van der Waals surface area contributed by atoms with Crippen LogP contribution in [0.4, 0.5) is 5.69 Å². The Hall–Kier alpha value is -1.36. The molecule has 64 valence electrons. The van der Waals surface area contributed by atoms with Crippen LogP contribution in [0.5, 0.6) is 0 Å². The average Bonchev–Trinajstić information content (AvgIpc) is 2.08. The van der Waals surface area contributed by atoms with Gasteiger partial charge >= 0.3 is 0 Å². The van der Waals surface area contributed by atoms with Gasteiger partial charge in [0.15, 0.2) is 0 Å². The van der Waals surface area contributed by atoms with Crippen molar-refractivity contribution in [3.05, 3.63) is 21.6 Å². The summed E-state index contributed by atoms with van der Waals surface area (Å²) in [5.74, 6) is 0. The molecule has 1 N–H and O–H groups in total. The lowest BCUT2D eigenvalue weighted by atomic mass is 10.4. The van der Waals surface area contributed by atoms with Crippen LogP contribution in [-0.2, 0) is 0 Å². The van der Waals surface area contributed by atoms with E-state index >= 15 is 0 Å². The topological polar surface area (TPSA) is 61.4 Å². The SMILES string of the molecule is C=NN(C)c1cn[nH]c(=O)c1Cl. The molecule has 12 heavy (non-hydrogen) atoms. The van der Waals surface area contributed by atoms with E-state index in [1.165, 1.54) is 11.2 Å². The smallest absolute Gasteiger partial charge is 0.266 e. The minimum atomic E-state index is -0.440. The monoisotopic (exact) mass is 186 g/mol. The molecule has 0 saturated heterocycles. The van der Waals surface area contributed by atoms with E-state index < -0.39 is 5.56 Å². The van der Waals surface area contributed by atoms with Gasteiger partial charge in [0.2, 0.25) is 0 Å². The Labute approximate surface area is 73.7 Å². The third-order valence-corrected chi connectivity index (χ3v) is 1.70. The lowest BCUT2D eigenvalue weighted by Crippen LogP contribution is -2.15. The largest absolute Gasteiger partial charge is 0.285 e. The van der Waals surface area contributed by atoms with Crippen molar-refractivity contribution in [2.75, 3.05) is 12.1 Å². The number of hydrogen-bond donors (Lipinski definition) is 1. The number of rotatable bonds is 2. The number of aromatic amines is 1. The number of anilines is 1. The number of hydrogen-bond acceptors (Lipinski definition) is 4. The molecule has 5 nitrogen and oxygen atoms in total. The van der Waals surface area contributed by atoms with Crippen LogP contribution in [0.2, 0.25) is 5.02 Å². The number of aromatic nitrogens is 2. The van der Waals surface area contributed by atoms with Crippen LogP contribution in [0.1, 0.15) is 0 Å². The molecule has 0 aliphatic heterocycles. The second-order valence-corrected chi connectivity index (χ2v) is 2.44. The number of halogens is 1. The molecular formula is C6H7ClN4O. The van der Waals surface area contributed by atoms with Gasteiger partial charge in [-0.15, -0.1) is 0 Å². The molecule has 1 aromatic heterocycles. The molecule has 0 amide bonds. The zero-order valence-electron chi connectivity index (χ0n) is 6.41. The first-order chi connectivity index (χ1) is 5.66. The second-order valence-electron chi connectivity index (χ2n) is 2.06. The molecule has 0 unspecified atom stereocenters. The summed E-state index contributed by atoms with van der Waals surface area (Å²) < 4.78 is 0. The second kappa shape index (κ2) is 3.36. The summed E-state index contributed by atoms with van der Waals surface area (Å²) in [6, 6.07) is 0. The first-order valence-corrected chi connectivity index (χ1v) is 3.48. The molecule has 0 radical (unpaired) electrons. The Kier molecular flexibility index (Phi) is 2.44. The Bertz CT molecular complexity index is 348. The van der Waals surface area contributed by atoms with Gasteiger partial charge in [0, 0.05) is 13.8 Å². The number of nitrogens with zero attached hydrogens (tertiary/aromatic N) is 3. The minimum Gasteiger partial charge on any atom is -0.266 e. The Balaban J connectivity index is 3.25. The fraction of sp³-hybridized carbons (Fsp3) is 0.167. The maximum Gasteiger partial charge on any atom is 0.285 e. The summed E-state index contributed by atoms with van der Waals surface area (Å²) in [6.45, 7) is 3.29. The summed E-state index contributed by atoms with van der Waals surface area (Å²) in [5, 5.41) is 10.7. The van der Waals surface area contributed by atoms with E-state index in [9.17, 15) is 4.79 Å². The van der Waals surface area contributed by atoms with Gasteiger partial charge in [0.1, 0.15) is 10.7 Å². The van der Waals surface area contributed by atoms with E-state index in [-0.39, 0.29) is 5.02 Å². The average molecular weight is 187 g/mol. The first kappa shape index (κ1) is 8.73. The minimum absolute atomic E-state index is 0.0555. The highest BCUT2D eigenvalue weighted by atomic mass is 35.5. The fourth-order valence-electron chi connectivity index (χ4n) is 0.676. The van der Waals surface area contributed by atoms with Gasteiger partial charge in [0.05, 0.1) is 6.20 Å². The van der Waals surface area contributed by atoms with Crippen molar-refractivity contribution in [3.8, 4) is 0 Å². The van der Waals surface area contributed by atoms with Gasteiger partial charge in [-0.1, -0.05) is 11.6 Å². The van der Waals surface area contributed by atoms with Crippen LogP contribution in [0.15, 0.2) is 16.1 Å². The van der Waals surface area contributed by atoms with Crippen LogP contribution < -0.4 is 10.6 Å². The molecule has 0 bridgehead atoms. The first-order valence-electron chi connectivity index (χ1n) is 3.10. The molecule has 1 aromatic rings. The molecule has 1 rings (SSSR count). The number of H-pyrrole nitrogens is 1. The zero-order chi connectivity index (χ0) is 9.14. The molecule has 1 heterocycles. The zero-order valence-corrected chi connectivity index (χ0v) is 7.17. The third kappa shape index (κ3) is 1.45. The van der Waals surface area contributed by atoms with Crippen molar-refractivity contribution in [2.24, 2.45) is 5.10 Å². The predicted octanol–water partition coefficient (Wildman–Crippen LogP) is 0.475. The van der Waals surface area contributed by atoms with E-state index in [0.717, 1.165) is 0 Å². The summed E-state index contributed by atoms with van der Waals surface area (Å²) in [7, 11) is 1.62. The maximum atomic E-state index is 10.9. The van der Waals surface area contributed by atoms with E-state index in [4.69, 9.17) is 11.6 Å². The van der Waals surface area contributed by atoms with Crippen molar-refractivity contribution < 1.29 is 0 Å². The van der Waals surface area contributed by atoms with Crippen molar-refractivity contribution >= 4 is 24.0 Å². The van der Waals surface area contributed by atoms with E-state index in [2.05, 4.69) is 22.0 Å². The van der Waals surface area contributed by atoms with Crippen LogP contribution in [0.3, 0.4) is 0 Å². The maximum absolute atomic E-state index is 10.9. The predicted molar refractivity (Wildman–Crippen MR) is 47.8 cm³/mol. The normalized spacial score (nSPS) is 9.50. The molecule has 6 heteroatoms. The molecule has 0 spiro atoms. The van der Waals surface area contributed by atoms with Crippen LogP contribution in [-0.4, -0.2) is 24.0 Å². The van der Waals surface area contributed by atoms with Gasteiger partial charge in [-0.3, -0.25) is 9.80 Å². The summed E-state index contributed by atoms with van der Waals surface area (Å²) >= 11 is 5.65. The summed E-state index contributed by atoms with van der Waals surface area (Å²) in [4.78, 5) is 10.9. The quantitative estimate of drug-likeness (QED) is 0.540. The molecule has 0 saturated carbocycles. The summed E-state index contributed by atoms with van der Waals surface area (Å²) in [6.07, 6.45) is 1.40. The third-order valence-electron chi connectivity index (χ3n) is 1.34. The van der Waals surface area contributed by atoms with Gasteiger partial charge in [0.25, 0.3) is 5.56 Å². The standard InChI is InChI=1S/C6H7ClN4O/c1-8-11(2)4-3-9-10-6(12)5(4)7/h3H,1H2,2H3,(H,10,12). The molecule has 0 aromatic carbocycles. The number of hydrazone groups is 1. The van der Waals surface area contributed by atoms with E-state index in [1.807, 2.05) is 0 Å². The Morgan fingerprint density at radius 1 is 1.83 bits per heavy atom. The van der Waals surface area contributed by atoms with Crippen LogP contribution >= 0.6 is 11.6 Å². The van der Waals surface area contributed by atoms with Crippen molar-refractivity contribution in [1.29, 1.82) is 0 Å². The lowest BCUT2D eigenvalue weighted by Gasteiger charge is -2.11. The molecule has 0 fully saturated rings. The number of nitrogens with one attached hydrogen (secondary N) is 1. The Morgan fingerprint density at radius 3 is 3.08 bits per heavy atom. The highest BCUT2D eigenvalue weighted by Gasteiger charge is 2.07. The van der Waals surface area contributed by atoms with Crippen molar-refractivity contribution in [3.63, 3.8) is 0 Å². The molecular weight excluding hydrogens is 180 g/mol. The van der Waals surface area contributed by atoms with Gasteiger partial charge in [-0.25, -0.2) is 5.10 Å². The van der Waals surface area contributed by atoms with E-state index in [1.54, 1.807) is 7.05 Å². The fourth-order valence-corrected chi connectivity index (χ4v) is 0.889. The van der Waals surface area contributed by atoms with Gasteiger partial charge in [-0.05, 0) is 0 Å². The highest BCUT2D eigenvalue weighted by molar-refractivity contribution is 6.32. The lowest BCUT2D eigenvalue weighted by molar-refractivity contribution is 0.946. The van der Waals surface area contributed by atoms with E-state index in [0.29, 0.717) is 5.69 Å². The highest BCUT2D eigenvalue weighted by Crippen LogP contribution is 2.18. The van der Waals surface area contributed by atoms with Crippen LogP contribution in [0.25, 0.3) is 0 Å².